The number of nitrogens with zero attached hydrogens (tertiary/aromatic N) is 3. The highest BCUT2D eigenvalue weighted by atomic mass is 32.2. The largest absolute Gasteiger partial charge is 0.342 e. The van der Waals surface area contributed by atoms with Gasteiger partial charge in [-0.1, -0.05) is 0 Å². The van der Waals surface area contributed by atoms with Gasteiger partial charge in [-0.3, -0.25) is 9.59 Å². The van der Waals surface area contributed by atoms with Crippen molar-refractivity contribution in [2.45, 2.75) is 31.6 Å². The number of rotatable bonds is 7. The third-order valence-electron chi connectivity index (χ3n) is 5.05. The first-order valence-corrected chi connectivity index (χ1v) is 10.9. The molecule has 7 nitrogen and oxygen atoms in total. The van der Waals surface area contributed by atoms with Gasteiger partial charge in [0.25, 0.3) is 0 Å². The van der Waals surface area contributed by atoms with Crippen LogP contribution in [0.2, 0.25) is 0 Å². The molecule has 2 rings (SSSR count). The SMILES string of the molecule is CCN(CC)C(=O)CN(C)C(=O)[C@H]1CCCN(S(=O)(=O)c2ccc(F)cc2)C1. The number of hydrogen-bond acceptors (Lipinski definition) is 4. The van der Waals surface area contributed by atoms with Crippen LogP contribution in [0, 0.1) is 11.7 Å². The zero-order valence-corrected chi connectivity index (χ0v) is 17.4. The summed E-state index contributed by atoms with van der Waals surface area (Å²) in [4.78, 5) is 28.0. The van der Waals surface area contributed by atoms with E-state index in [1.54, 1.807) is 11.9 Å². The van der Waals surface area contributed by atoms with E-state index in [0.29, 0.717) is 32.5 Å². The van der Waals surface area contributed by atoms with Crippen molar-refractivity contribution in [3.8, 4) is 0 Å². The summed E-state index contributed by atoms with van der Waals surface area (Å²) < 4.78 is 40.0. The number of piperidine rings is 1. The van der Waals surface area contributed by atoms with Crippen LogP contribution in [-0.4, -0.2) is 74.1 Å². The number of sulfonamides is 1. The Morgan fingerprint density at radius 3 is 2.36 bits per heavy atom. The molecule has 0 spiro atoms. The van der Waals surface area contributed by atoms with Gasteiger partial charge in [0, 0.05) is 33.2 Å². The van der Waals surface area contributed by atoms with E-state index in [-0.39, 0.29) is 29.8 Å². The maximum atomic E-state index is 13.1. The molecular formula is C19H28FN3O4S. The molecule has 9 heteroatoms. The van der Waals surface area contributed by atoms with Gasteiger partial charge in [-0.25, -0.2) is 12.8 Å². The molecule has 0 radical (unpaired) electrons. The molecule has 1 aliphatic heterocycles. The van der Waals surface area contributed by atoms with Crippen molar-refractivity contribution in [2.24, 2.45) is 5.92 Å². The molecule has 1 atom stereocenters. The van der Waals surface area contributed by atoms with Crippen LogP contribution in [0.15, 0.2) is 29.2 Å². The van der Waals surface area contributed by atoms with Crippen molar-refractivity contribution in [2.75, 3.05) is 39.8 Å². The predicted octanol–water partition coefficient (Wildman–Crippen LogP) is 1.55. The summed E-state index contributed by atoms with van der Waals surface area (Å²) >= 11 is 0. The lowest BCUT2D eigenvalue weighted by atomic mass is 9.98. The molecule has 1 aromatic rings. The molecule has 1 aromatic carbocycles. The number of amides is 2. The minimum absolute atomic E-state index is 0.00654. The number of hydrogen-bond donors (Lipinski definition) is 0. The first-order chi connectivity index (χ1) is 13.2. The van der Waals surface area contributed by atoms with Crippen LogP contribution in [-0.2, 0) is 19.6 Å². The molecule has 156 valence electrons. The fourth-order valence-electron chi connectivity index (χ4n) is 3.39. The quantitative estimate of drug-likeness (QED) is 0.680. The van der Waals surface area contributed by atoms with E-state index in [0.717, 1.165) is 12.1 Å². The number of halogens is 1. The highest BCUT2D eigenvalue weighted by molar-refractivity contribution is 7.89. The highest BCUT2D eigenvalue weighted by Crippen LogP contribution is 2.25. The van der Waals surface area contributed by atoms with Crippen LogP contribution >= 0.6 is 0 Å². The predicted molar refractivity (Wildman–Crippen MR) is 103 cm³/mol. The first-order valence-electron chi connectivity index (χ1n) is 9.49. The smallest absolute Gasteiger partial charge is 0.243 e. The lowest BCUT2D eigenvalue weighted by molar-refractivity contribution is -0.142. The van der Waals surface area contributed by atoms with E-state index in [1.807, 2.05) is 13.8 Å². The molecule has 2 amide bonds. The Morgan fingerprint density at radius 2 is 1.79 bits per heavy atom. The second-order valence-corrected chi connectivity index (χ2v) is 8.85. The summed E-state index contributed by atoms with van der Waals surface area (Å²) in [6.45, 7) is 5.25. The fraction of sp³-hybridized carbons (Fsp3) is 0.579. The Kier molecular flexibility index (Phi) is 7.54. The summed E-state index contributed by atoms with van der Waals surface area (Å²) in [6.07, 6.45) is 1.12. The Hall–Kier alpha value is -2.00. The minimum atomic E-state index is -3.79. The van der Waals surface area contributed by atoms with Gasteiger partial charge in [-0.05, 0) is 51.0 Å². The Bertz CT molecular complexity index is 794. The standard InChI is InChI=1S/C19H28FN3O4S/c1-4-22(5-2)18(24)14-21(3)19(25)15-7-6-12-23(13-15)28(26,27)17-10-8-16(20)9-11-17/h8-11,15H,4-7,12-14H2,1-3H3/t15-/m0/s1. The Morgan fingerprint density at radius 1 is 1.18 bits per heavy atom. The molecule has 0 bridgehead atoms. The van der Waals surface area contributed by atoms with E-state index in [2.05, 4.69) is 0 Å². The van der Waals surface area contributed by atoms with Gasteiger partial charge in [0.1, 0.15) is 5.82 Å². The topological polar surface area (TPSA) is 78.0 Å². The van der Waals surface area contributed by atoms with Gasteiger partial charge in [-0.15, -0.1) is 0 Å². The van der Waals surface area contributed by atoms with E-state index in [9.17, 15) is 22.4 Å². The van der Waals surface area contributed by atoms with Crippen molar-refractivity contribution in [3.63, 3.8) is 0 Å². The second kappa shape index (κ2) is 9.47. The zero-order valence-electron chi connectivity index (χ0n) is 16.6. The molecule has 0 saturated carbocycles. The van der Waals surface area contributed by atoms with Crippen molar-refractivity contribution >= 4 is 21.8 Å². The Labute approximate surface area is 166 Å². The molecule has 0 aliphatic carbocycles. The zero-order chi connectivity index (χ0) is 20.9. The molecule has 1 heterocycles. The molecule has 1 aliphatic rings. The maximum Gasteiger partial charge on any atom is 0.243 e. The van der Waals surface area contributed by atoms with Crippen LogP contribution in [0.25, 0.3) is 0 Å². The molecular weight excluding hydrogens is 385 g/mol. The van der Waals surface area contributed by atoms with Gasteiger partial charge in [-0.2, -0.15) is 4.31 Å². The molecule has 1 saturated heterocycles. The molecule has 0 aromatic heterocycles. The van der Waals surface area contributed by atoms with E-state index in [4.69, 9.17) is 0 Å². The maximum absolute atomic E-state index is 13.1. The van der Waals surface area contributed by atoms with Gasteiger partial charge in [0.15, 0.2) is 0 Å². The summed E-state index contributed by atoms with van der Waals surface area (Å²) in [5.74, 6) is -1.38. The van der Waals surface area contributed by atoms with Crippen molar-refractivity contribution < 1.29 is 22.4 Å². The monoisotopic (exact) mass is 413 g/mol. The number of carbonyl (C=O) groups excluding carboxylic acids is 2. The third-order valence-corrected chi connectivity index (χ3v) is 6.93. The van der Waals surface area contributed by atoms with Crippen LogP contribution in [0.5, 0.6) is 0 Å². The number of carbonyl (C=O) groups is 2. The molecule has 0 unspecified atom stereocenters. The van der Waals surface area contributed by atoms with Gasteiger partial charge in [0.2, 0.25) is 21.8 Å². The van der Waals surface area contributed by atoms with Crippen molar-refractivity contribution in [1.29, 1.82) is 0 Å². The fourth-order valence-corrected chi connectivity index (χ4v) is 4.91. The lowest BCUT2D eigenvalue weighted by Crippen LogP contribution is -2.48. The minimum Gasteiger partial charge on any atom is -0.342 e. The third kappa shape index (κ3) is 5.08. The van der Waals surface area contributed by atoms with E-state index >= 15 is 0 Å². The Balaban J connectivity index is 2.06. The summed E-state index contributed by atoms with van der Waals surface area (Å²) in [7, 11) is -2.23. The van der Waals surface area contributed by atoms with Crippen molar-refractivity contribution in [3.05, 3.63) is 30.1 Å². The molecule has 1 fully saturated rings. The first kappa shape index (κ1) is 22.3. The summed E-state index contributed by atoms with van der Waals surface area (Å²) in [5, 5.41) is 0. The van der Waals surface area contributed by atoms with Gasteiger partial charge >= 0.3 is 0 Å². The van der Waals surface area contributed by atoms with Gasteiger partial charge < -0.3 is 9.80 Å². The lowest BCUT2D eigenvalue weighted by Gasteiger charge is -2.33. The van der Waals surface area contributed by atoms with Gasteiger partial charge in [0.05, 0.1) is 17.4 Å². The van der Waals surface area contributed by atoms with Crippen molar-refractivity contribution in [1.82, 2.24) is 14.1 Å². The van der Waals surface area contributed by atoms with E-state index < -0.39 is 21.8 Å². The highest BCUT2D eigenvalue weighted by Gasteiger charge is 2.34. The van der Waals surface area contributed by atoms with Crippen LogP contribution in [0.1, 0.15) is 26.7 Å². The normalized spacial score (nSPS) is 17.9. The van der Waals surface area contributed by atoms with Crippen LogP contribution in [0.3, 0.4) is 0 Å². The second-order valence-electron chi connectivity index (χ2n) is 6.92. The average molecular weight is 414 g/mol. The summed E-state index contributed by atoms with van der Waals surface area (Å²) in [5.41, 5.74) is 0. The molecule has 28 heavy (non-hydrogen) atoms. The number of benzene rings is 1. The van der Waals surface area contributed by atoms with E-state index in [1.165, 1.54) is 21.3 Å². The number of likely N-dealkylation sites (N-methyl/N-ethyl adjacent to an activating group) is 2. The average Bonchev–Trinajstić information content (AvgIpc) is 2.68. The van der Waals surface area contributed by atoms with Crippen LogP contribution < -0.4 is 0 Å². The molecule has 0 N–H and O–H groups in total. The summed E-state index contributed by atoms with van der Waals surface area (Å²) in [6, 6.07) is 4.66. The van der Waals surface area contributed by atoms with Crippen LogP contribution in [0.4, 0.5) is 4.39 Å².